The fourth-order valence-electron chi connectivity index (χ4n) is 1.32. The van der Waals surface area contributed by atoms with Crippen molar-refractivity contribution in [2.75, 3.05) is 0 Å². The van der Waals surface area contributed by atoms with Crippen LogP contribution in [0.25, 0.3) is 0 Å². The number of hydrogen-bond donors (Lipinski definition) is 1. The van der Waals surface area contributed by atoms with Crippen molar-refractivity contribution >= 4 is 17.5 Å². The molecule has 0 fully saturated rings. The summed E-state index contributed by atoms with van der Waals surface area (Å²) in [5, 5.41) is 0.558. The number of primary amides is 1. The predicted octanol–water partition coefficient (Wildman–Crippen LogP) is 2.35. The number of amides is 1. The van der Waals surface area contributed by atoms with E-state index in [1.54, 1.807) is 6.07 Å². The maximum absolute atomic E-state index is 11.1. The van der Waals surface area contributed by atoms with Crippen molar-refractivity contribution in [2.24, 2.45) is 5.73 Å². The quantitative estimate of drug-likeness (QED) is 0.836. The van der Waals surface area contributed by atoms with Crippen LogP contribution in [-0.4, -0.2) is 10.9 Å². The first-order valence-corrected chi connectivity index (χ1v) is 4.89. The van der Waals surface area contributed by atoms with E-state index in [9.17, 15) is 4.79 Å². The fourth-order valence-corrected chi connectivity index (χ4v) is 1.65. The second-order valence-electron chi connectivity index (χ2n) is 3.23. The van der Waals surface area contributed by atoms with Crippen molar-refractivity contribution < 1.29 is 4.79 Å². The highest BCUT2D eigenvalue weighted by atomic mass is 35.5. The standard InChI is InChI=1S/C10H13ClN2O/c1-3-6(2)8-7(11)4-5-13-9(8)10(12)14/h4-6H,3H2,1-2H3,(H2,12,14)/t6-/m0/s1. The van der Waals surface area contributed by atoms with Gasteiger partial charge < -0.3 is 5.73 Å². The van der Waals surface area contributed by atoms with E-state index in [4.69, 9.17) is 17.3 Å². The molecule has 1 heterocycles. The number of carbonyl (C=O) groups excluding carboxylic acids is 1. The van der Waals surface area contributed by atoms with Crippen LogP contribution in [-0.2, 0) is 0 Å². The van der Waals surface area contributed by atoms with Crippen molar-refractivity contribution in [3.63, 3.8) is 0 Å². The Morgan fingerprint density at radius 3 is 2.86 bits per heavy atom. The molecule has 0 aromatic carbocycles. The molecule has 1 rings (SSSR count). The number of aromatic nitrogens is 1. The molecule has 0 bridgehead atoms. The zero-order valence-electron chi connectivity index (χ0n) is 8.25. The van der Waals surface area contributed by atoms with E-state index in [1.807, 2.05) is 13.8 Å². The van der Waals surface area contributed by atoms with Gasteiger partial charge in [-0.3, -0.25) is 9.78 Å². The van der Waals surface area contributed by atoms with Crippen molar-refractivity contribution in [1.82, 2.24) is 4.98 Å². The van der Waals surface area contributed by atoms with Crippen molar-refractivity contribution in [3.8, 4) is 0 Å². The monoisotopic (exact) mass is 212 g/mol. The number of carbonyl (C=O) groups is 1. The third-order valence-electron chi connectivity index (χ3n) is 2.28. The van der Waals surface area contributed by atoms with Crippen LogP contribution in [0.3, 0.4) is 0 Å². The number of pyridine rings is 1. The Balaban J connectivity index is 3.29. The summed E-state index contributed by atoms with van der Waals surface area (Å²) in [5.74, 6) is -0.332. The van der Waals surface area contributed by atoms with E-state index in [0.717, 1.165) is 12.0 Å². The fraction of sp³-hybridized carbons (Fsp3) is 0.400. The Bertz CT molecular complexity index is 352. The zero-order valence-corrected chi connectivity index (χ0v) is 9.01. The number of rotatable bonds is 3. The molecule has 76 valence electrons. The molecule has 1 aromatic rings. The van der Waals surface area contributed by atoms with Gasteiger partial charge in [0.25, 0.3) is 5.91 Å². The lowest BCUT2D eigenvalue weighted by atomic mass is 9.97. The molecule has 14 heavy (non-hydrogen) atoms. The van der Waals surface area contributed by atoms with Crippen molar-refractivity contribution in [3.05, 3.63) is 28.5 Å². The van der Waals surface area contributed by atoms with Gasteiger partial charge in [-0.2, -0.15) is 0 Å². The average molecular weight is 213 g/mol. The van der Waals surface area contributed by atoms with Crippen molar-refractivity contribution in [2.45, 2.75) is 26.2 Å². The normalized spacial score (nSPS) is 12.5. The summed E-state index contributed by atoms with van der Waals surface area (Å²) in [6.07, 6.45) is 2.39. The maximum atomic E-state index is 11.1. The summed E-state index contributed by atoms with van der Waals surface area (Å²) in [7, 11) is 0. The van der Waals surface area contributed by atoms with E-state index in [1.165, 1.54) is 6.20 Å². The minimum atomic E-state index is -0.525. The Labute approximate surface area is 88.3 Å². The summed E-state index contributed by atoms with van der Waals surface area (Å²) in [5.41, 5.74) is 6.25. The van der Waals surface area contributed by atoms with Gasteiger partial charge >= 0.3 is 0 Å². The van der Waals surface area contributed by atoms with Crippen LogP contribution in [0.5, 0.6) is 0 Å². The summed E-state index contributed by atoms with van der Waals surface area (Å²) < 4.78 is 0. The topological polar surface area (TPSA) is 56.0 Å². The summed E-state index contributed by atoms with van der Waals surface area (Å²) >= 11 is 6.00. The molecule has 0 radical (unpaired) electrons. The van der Waals surface area contributed by atoms with E-state index >= 15 is 0 Å². The molecule has 0 aliphatic carbocycles. The SMILES string of the molecule is CC[C@H](C)c1c(Cl)ccnc1C(N)=O. The molecular formula is C10H13ClN2O. The maximum Gasteiger partial charge on any atom is 0.267 e. The molecule has 4 heteroatoms. The highest BCUT2D eigenvalue weighted by Crippen LogP contribution is 2.28. The lowest BCUT2D eigenvalue weighted by Crippen LogP contribution is -2.17. The van der Waals surface area contributed by atoms with E-state index < -0.39 is 5.91 Å². The van der Waals surface area contributed by atoms with Crippen LogP contribution in [0.4, 0.5) is 0 Å². The van der Waals surface area contributed by atoms with Gasteiger partial charge in [0.1, 0.15) is 5.69 Å². The van der Waals surface area contributed by atoms with E-state index in [-0.39, 0.29) is 11.6 Å². The van der Waals surface area contributed by atoms with Crippen LogP contribution in [0.2, 0.25) is 5.02 Å². The van der Waals surface area contributed by atoms with Gasteiger partial charge in [-0.25, -0.2) is 0 Å². The number of hydrogen-bond acceptors (Lipinski definition) is 2. The largest absolute Gasteiger partial charge is 0.364 e. The van der Waals surface area contributed by atoms with Crippen LogP contribution in [0.15, 0.2) is 12.3 Å². The van der Waals surface area contributed by atoms with Gasteiger partial charge in [0.2, 0.25) is 0 Å². The highest BCUT2D eigenvalue weighted by molar-refractivity contribution is 6.31. The van der Waals surface area contributed by atoms with Crippen LogP contribution < -0.4 is 5.73 Å². The number of nitrogens with zero attached hydrogens (tertiary/aromatic N) is 1. The Hall–Kier alpha value is -1.09. The Morgan fingerprint density at radius 2 is 2.36 bits per heavy atom. The second-order valence-corrected chi connectivity index (χ2v) is 3.64. The Morgan fingerprint density at radius 1 is 1.71 bits per heavy atom. The van der Waals surface area contributed by atoms with Crippen LogP contribution in [0, 0.1) is 0 Å². The number of halogens is 1. The van der Waals surface area contributed by atoms with Gasteiger partial charge in [0, 0.05) is 16.8 Å². The lowest BCUT2D eigenvalue weighted by molar-refractivity contribution is 0.0994. The highest BCUT2D eigenvalue weighted by Gasteiger charge is 2.17. The van der Waals surface area contributed by atoms with Crippen molar-refractivity contribution in [1.29, 1.82) is 0 Å². The molecule has 0 spiro atoms. The number of nitrogens with two attached hydrogens (primary N) is 1. The average Bonchev–Trinajstić information content (AvgIpc) is 2.16. The minimum absolute atomic E-state index is 0.193. The van der Waals surface area contributed by atoms with Gasteiger partial charge in [-0.15, -0.1) is 0 Å². The molecular weight excluding hydrogens is 200 g/mol. The molecule has 1 atom stereocenters. The molecule has 0 saturated heterocycles. The molecule has 0 saturated carbocycles. The zero-order chi connectivity index (χ0) is 10.7. The van der Waals surface area contributed by atoms with Gasteiger partial charge in [0.05, 0.1) is 0 Å². The molecule has 1 amide bonds. The van der Waals surface area contributed by atoms with E-state index in [0.29, 0.717) is 5.02 Å². The first-order chi connectivity index (χ1) is 6.57. The third-order valence-corrected chi connectivity index (χ3v) is 2.61. The van der Waals surface area contributed by atoms with Gasteiger partial charge in [-0.05, 0) is 18.4 Å². The first-order valence-electron chi connectivity index (χ1n) is 4.52. The second kappa shape index (κ2) is 4.42. The summed E-state index contributed by atoms with van der Waals surface area (Å²) in [6.45, 7) is 4.02. The van der Waals surface area contributed by atoms with Crippen LogP contribution in [0.1, 0.15) is 42.2 Å². The predicted molar refractivity (Wildman–Crippen MR) is 56.5 cm³/mol. The van der Waals surface area contributed by atoms with Gasteiger partial charge in [0.15, 0.2) is 0 Å². The lowest BCUT2D eigenvalue weighted by Gasteiger charge is -2.13. The molecule has 0 aliphatic rings. The first kappa shape index (κ1) is 11.0. The molecule has 1 aromatic heterocycles. The van der Waals surface area contributed by atoms with Crippen LogP contribution >= 0.6 is 11.6 Å². The third kappa shape index (κ3) is 2.04. The molecule has 0 aliphatic heterocycles. The van der Waals surface area contributed by atoms with E-state index in [2.05, 4.69) is 4.98 Å². The summed E-state index contributed by atoms with van der Waals surface area (Å²) in [6, 6.07) is 1.68. The minimum Gasteiger partial charge on any atom is -0.364 e. The Kier molecular flexibility index (Phi) is 3.47. The molecule has 0 unspecified atom stereocenters. The molecule has 3 nitrogen and oxygen atoms in total. The molecule has 2 N–H and O–H groups in total. The van der Waals surface area contributed by atoms with Gasteiger partial charge in [-0.1, -0.05) is 25.4 Å². The summed E-state index contributed by atoms with van der Waals surface area (Å²) in [4.78, 5) is 15.0. The smallest absolute Gasteiger partial charge is 0.267 e.